The summed E-state index contributed by atoms with van der Waals surface area (Å²) in [6, 6.07) is 8.22. The Bertz CT molecular complexity index is 402. The molecule has 3 atom stereocenters. The predicted octanol–water partition coefficient (Wildman–Crippen LogP) is 4.58. The lowest BCUT2D eigenvalue weighted by Crippen LogP contribution is -2.30. The molecule has 3 unspecified atom stereocenters. The molecule has 2 rings (SSSR count). The first-order valence-electron chi connectivity index (χ1n) is 8.12. The van der Waals surface area contributed by atoms with E-state index in [1.807, 2.05) is 12.1 Å². The molecule has 2 heteroatoms. The Morgan fingerprint density at radius 2 is 1.80 bits per heavy atom. The van der Waals surface area contributed by atoms with Crippen LogP contribution in [0.1, 0.15) is 75.5 Å². The van der Waals surface area contributed by atoms with Crippen molar-refractivity contribution in [1.29, 1.82) is 0 Å². The zero-order valence-electron chi connectivity index (χ0n) is 12.8. The molecule has 0 heterocycles. The number of aliphatic hydroxyl groups excluding tert-OH is 1. The SMILES string of the molecule is CCCCCCCOC1CC(C)c2ccccc2C1O. The summed E-state index contributed by atoms with van der Waals surface area (Å²) in [5.74, 6) is 0.472. The number of ether oxygens (including phenoxy) is 1. The third-order valence-electron chi connectivity index (χ3n) is 4.36. The van der Waals surface area contributed by atoms with Crippen LogP contribution < -0.4 is 0 Å². The third-order valence-corrected chi connectivity index (χ3v) is 4.36. The highest BCUT2D eigenvalue weighted by Crippen LogP contribution is 2.38. The molecule has 1 aromatic carbocycles. The lowest BCUT2D eigenvalue weighted by molar-refractivity contribution is -0.0532. The molecule has 1 N–H and O–H groups in total. The topological polar surface area (TPSA) is 29.5 Å². The summed E-state index contributed by atoms with van der Waals surface area (Å²) in [5, 5.41) is 10.5. The van der Waals surface area contributed by atoms with Crippen LogP contribution in [0.2, 0.25) is 0 Å². The Kier molecular flexibility index (Phi) is 6.06. The number of fused-ring (bicyclic) bond motifs is 1. The van der Waals surface area contributed by atoms with Crippen LogP contribution in [0, 0.1) is 0 Å². The van der Waals surface area contributed by atoms with Crippen molar-refractivity contribution in [3.8, 4) is 0 Å². The quantitative estimate of drug-likeness (QED) is 0.738. The van der Waals surface area contributed by atoms with Crippen molar-refractivity contribution in [2.45, 2.75) is 70.5 Å². The van der Waals surface area contributed by atoms with Crippen molar-refractivity contribution in [2.24, 2.45) is 0 Å². The van der Waals surface area contributed by atoms with Gasteiger partial charge in [0.15, 0.2) is 0 Å². The molecule has 20 heavy (non-hydrogen) atoms. The number of hydrogen-bond donors (Lipinski definition) is 1. The van der Waals surface area contributed by atoms with Crippen LogP contribution in [0.5, 0.6) is 0 Å². The molecule has 0 aromatic heterocycles. The van der Waals surface area contributed by atoms with Gasteiger partial charge in [0.05, 0.1) is 6.10 Å². The van der Waals surface area contributed by atoms with Gasteiger partial charge < -0.3 is 9.84 Å². The first-order chi connectivity index (χ1) is 9.74. The molecule has 0 fully saturated rings. The maximum atomic E-state index is 10.5. The highest BCUT2D eigenvalue weighted by molar-refractivity contribution is 5.35. The Morgan fingerprint density at radius 3 is 2.55 bits per heavy atom. The van der Waals surface area contributed by atoms with Crippen molar-refractivity contribution in [3.05, 3.63) is 35.4 Å². The third kappa shape index (κ3) is 3.83. The fraction of sp³-hybridized carbons (Fsp3) is 0.667. The van der Waals surface area contributed by atoms with Crippen molar-refractivity contribution in [3.63, 3.8) is 0 Å². The van der Waals surface area contributed by atoms with Gasteiger partial charge in [-0.05, 0) is 29.9 Å². The Hall–Kier alpha value is -0.860. The number of benzene rings is 1. The Labute approximate surface area is 123 Å². The van der Waals surface area contributed by atoms with Gasteiger partial charge in [-0.3, -0.25) is 0 Å². The van der Waals surface area contributed by atoms with Crippen LogP contribution >= 0.6 is 0 Å². The Morgan fingerprint density at radius 1 is 1.10 bits per heavy atom. The van der Waals surface area contributed by atoms with Crippen LogP contribution in [-0.2, 0) is 4.74 Å². The average molecular weight is 276 g/mol. The first-order valence-corrected chi connectivity index (χ1v) is 8.12. The second-order valence-electron chi connectivity index (χ2n) is 6.03. The normalized spacial score (nSPS) is 25.4. The zero-order valence-corrected chi connectivity index (χ0v) is 12.8. The van der Waals surface area contributed by atoms with Crippen LogP contribution in [-0.4, -0.2) is 17.8 Å². The minimum Gasteiger partial charge on any atom is -0.386 e. The van der Waals surface area contributed by atoms with Crippen LogP contribution in [0.15, 0.2) is 24.3 Å². The van der Waals surface area contributed by atoms with Crippen molar-refractivity contribution < 1.29 is 9.84 Å². The second-order valence-corrected chi connectivity index (χ2v) is 6.03. The van der Waals surface area contributed by atoms with Gasteiger partial charge in [-0.15, -0.1) is 0 Å². The molecule has 0 saturated carbocycles. The summed E-state index contributed by atoms with van der Waals surface area (Å²) in [5.41, 5.74) is 2.34. The summed E-state index contributed by atoms with van der Waals surface area (Å²) >= 11 is 0. The van der Waals surface area contributed by atoms with Crippen LogP contribution in [0.4, 0.5) is 0 Å². The summed E-state index contributed by atoms with van der Waals surface area (Å²) < 4.78 is 5.95. The molecular formula is C18H28O2. The minimum absolute atomic E-state index is 0.0360. The van der Waals surface area contributed by atoms with E-state index >= 15 is 0 Å². The van der Waals surface area contributed by atoms with Gasteiger partial charge in [0.1, 0.15) is 6.10 Å². The van der Waals surface area contributed by atoms with E-state index in [4.69, 9.17) is 4.74 Å². The van der Waals surface area contributed by atoms with E-state index in [-0.39, 0.29) is 6.10 Å². The van der Waals surface area contributed by atoms with Gasteiger partial charge in [-0.2, -0.15) is 0 Å². The highest BCUT2D eigenvalue weighted by atomic mass is 16.5. The highest BCUT2D eigenvalue weighted by Gasteiger charge is 2.32. The maximum Gasteiger partial charge on any atom is 0.105 e. The molecule has 1 aliphatic carbocycles. The van der Waals surface area contributed by atoms with E-state index in [1.165, 1.54) is 31.2 Å². The van der Waals surface area contributed by atoms with Crippen molar-refractivity contribution in [1.82, 2.24) is 0 Å². The molecule has 0 aliphatic heterocycles. The van der Waals surface area contributed by atoms with Gasteiger partial charge >= 0.3 is 0 Å². The van der Waals surface area contributed by atoms with E-state index in [9.17, 15) is 5.11 Å². The summed E-state index contributed by atoms with van der Waals surface area (Å²) in [6.07, 6.45) is 6.66. The Balaban J connectivity index is 1.82. The zero-order chi connectivity index (χ0) is 14.4. The molecular weight excluding hydrogens is 248 g/mol. The molecule has 0 spiro atoms. The largest absolute Gasteiger partial charge is 0.386 e. The van der Waals surface area contributed by atoms with E-state index < -0.39 is 6.10 Å². The standard InChI is InChI=1S/C18H28O2/c1-3-4-5-6-9-12-20-17-13-14(2)15-10-7-8-11-16(15)18(17)19/h7-8,10-11,14,17-19H,3-6,9,12-13H2,1-2H3. The molecule has 0 saturated heterocycles. The van der Waals surface area contributed by atoms with Gasteiger partial charge in [-0.1, -0.05) is 63.8 Å². The molecule has 0 radical (unpaired) electrons. The summed E-state index contributed by atoms with van der Waals surface area (Å²) in [7, 11) is 0. The number of rotatable bonds is 7. The molecule has 1 aliphatic rings. The maximum absolute atomic E-state index is 10.5. The van der Waals surface area contributed by atoms with E-state index in [0.717, 1.165) is 25.0 Å². The molecule has 0 amide bonds. The van der Waals surface area contributed by atoms with E-state index in [1.54, 1.807) is 0 Å². The molecule has 0 bridgehead atoms. The van der Waals surface area contributed by atoms with Crippen LogP contribution in [0.3, 0.4) is 0 Å². The fourth-order valence-electron chi connectivity index (χ4n) is 3.13. The summed E-state index contributed by atoms with van der Waals surface area (Å²) in [4.78, 5) is 0. The van der Waals surface area contributed by atoms with Crippen molar-refractivity contribution in [2.75, 3.05) is 6.61 Å². The first kappa shape index (κ1) is 15.5. The molecule has 112 valence electrons. The number of hydrogen-bond acceptors (Lipinski definition) is 2. The lowest BCUT2D eigenvalue weighted by Gasteiger charge is -2.34. The molecule has 2 nitrogen and oxygen atoms in total. The van der Waals surface area contributed by atoms with Crippen molar-refractivity contribution >= 4 is 0 Å². The molecule has 1 aromatic rings. The fourth-order valence-corrected chi connectivity index (χ4v) is 3.13. The number of aliphatic hydroxyl groups is 1. The minimum atomic E-state index is -0.460. The lowest BCUT2D eigenvalue weighted by atomic mass is 9.80. The van der Waals surface area contributed by atoms with Crippen LogP contribution in [0.25, 0.3) is 0 Å². The second kappa shape index (κ2) is 7.80. The van der Waals surface area contributed by atoms with E-state index in [2.05, 4.69) is 26.0 Å². The van der Waals surface area contributed by atoms with E-state index in [0.29, 0.717) is 5.92 Å². The van der Waals surface area contributed by atoms with Gasteiger partial charge in [0, 0.05) is 6.61 Å². The van der Waals surface area contributed by atoms with Gasteiger partial charge in [-0.25, -0.2) is 0 Å². The monoisotopic (exact) mass is 276 g/mol. The van der Waals surface area contributed by atoms with Gasteiger partial charge in [0.25, 0.3) is 0 Å². The smallest absolute Gasteiger partial charge is 0.105 e. The summed E-state index contributed by atoms with van der Waals surface area (Å²) in [6.45, 7) is 5.23. The average Bonchev–Trinajstić information content (AvgIpc) is 2.47. The number of unbranched alkanes of at least 4 members (excludes halogenated alkanes) is 4. The van der Waals surface area contributed by atoms with Gasteiger partial charge in [0.2, 0.25) is 0 Å². The predicted molar refractivity (Wildman–Crippen MR) is 82.9 cm³/mol.